The molecule has 0 amide bonds. The zero-order chi connectivity index (χ0) is 29.4. The van der Waals surface area contributed by atoms with Crippen molar-refractivity contribution < 1.29 is 18.9 Å². The van der Waals surface area contributed by atoms with Crippen molar-refractivity contribution >= 4 is 29.3 Å². The van der Waals surface area contributed by atoms with Crippen molar-refractivity contribution in [1.82, 2.24) is 0 Å². The van der Waals surface area contributed by atoms with Crippen LogP contribution in [0.3, 0.4) is 0 Å². The number of benzene rings is 4. The minimum Gasteiger partial charge on any atom is -0.302 e. The molecule has 4 rings (SSSR count). The third kappa shape index (κ3) is 5.29. The van der Waals surface area contributed by atoms with Crippen molar-refractivity contribution in [2.45, 2.75) is 54.4 Å². The van der Waals surface area contributed by atoms with E-state index >= 15 is 4.57 Å². The molecule has 4 aromatic rings. The normalized spacial score (nSPS) is 12.2. The Morgan fingerprint density at radius 1 is 0.600 bits per heavy atom. The van der Waals surface area contributed by atoms with Crippen LogP contribution in [0.15, 0.2) is 78.9 Å². The molecular formula is C35H35O4P. The number of carbonyl (C=O) groups excluding carboxylic acids is 3. The smallest absolute Gasteiger partial charge is 0.248 e. The van der Waals surface area contributed by atoms with Gasteiger partial charge in [-0.1, -0.05) is 90.8 Å². The van der Waals surface area contributed by atoms with Crippen LogP contribution in [0.4, 0.5) is 0 Å². The first-order valence-electron chi connectivity index (χ1n) is 13.4. The van der Waals surface area contributed by atoms with Crippen LogP contribution in [0, 0.1) is 41.5 Å². The van der Waals surface area contributed by atoms with Gasteiger partial charge >= 0.3 is 0 Å². The average Bonchev–Trinajstić information content (AvgIpc) is 2.91. The molecule has 0 radical (unpaired) electrons. The fourth-order valence-corrected chi connectivity index (χ4v) is 8.29. The number of hydrogen-bond donors (Lipinski definition) is 0. The molecule has 0 aliphatic heterocycles. The zero-order valence-electron chi connectivity index (χ0n) is 24.2. The molecule has 204 valence electrons. The third-order valence-corrected chi connectivity index (χ3v) is 10.1. The van der Waals surface area contributed by atoms with Gasteiger partial charge in [-0.05, 0) is 75.4 Å². The maximum Gasteiger partial charge on any atom is 0.248 e. The Kier molecular flexibility index (Phi) is 8.23. The molecule has 0 aliphatic carbocycles. The van der Waals surface area contributed by atoms with Crippen LogP contribution in [0.25, 0.3) is 0 Å². The summed E-state index contributed by atoms with van der Waals surface area (Å²) in [7, 11) is -4.39. The van der Waals surface area contributed by atoms with Gasteiger partial charge in [-0.25, -0.2) is 0 Å². The van der Waals surface area contributed by atoms with Crippen molar-refractivity contribution in [3.8, 4) is 0 Å². The lowest BCUT2D eigenvalue weighted by Crippen LogP contribution is -2.24. The maximum atomic E-state index is 15.2. The van der Waals surface area contributed by atoms with Gasteiger partial charge in [0, 0.05) is 27.9 Å². The number of hydrogen-bond acceptors (Lipinski definition) is 4. The molecule has 0 spiro atoms. The predicted octanol–water partition coefficient (Wildman–Crippen LogP) is 8.19. The molecule has 0 bridgehead atoms. The first-order chi connectivity index (χ1) is 18.9. The molecule has 0 saturated carbocycles. The van der Waals surface area contributed by atoms with E-state index in [0.717, 1.165) is 11.1 Å². The molecule has 4 nitrogen and oxygen atoms in total. The van der Waals surface area contributed by atoms with E-state index < -0.39 is 24.1 Å². The van der Waals surface area contributed by atoms with Crippen LogP contribution in [0.1, 0.15) is 82.9 Å². The Balaban J connectivity index is 1.94. The van der Waals surface area contributed by atoms with E-state index in [1.165, 1.54) is 0 Å². The van der Waals surface area contributed by atoms with Gasteiger partial charge in [0.1, 0.15) is 0 Å². The molecule has 5 heteroatoms. The van der Waals surface area contributed by atoms with E-state index in [9.17, 15) is 14.4 Å². The van der Waals surface area contributed by atoms with Crippen LogP contribution < -0.4 is 5.30 Å². The summed E-state index contributed by atoms with van der Waals surface area (Å²) in [5.41, 5.74) is 5.10. The van der Waals surface area contributed by atoms with E-state index in [-0.39, 0.29) is 11.1 Å². The minimum atomic E-state index is -4.39. The van der Waals surface area contributed by atoms with Gasteiger partial charge in [0.2, 0.25) is 18.2 Å². The van der Waals surface area contributed by atoms with Crippen LogP contribution in [0.5, 0.6) is 0 Å². The fraction of sp³-hybridized carbons (Fsp3) is 0.229. The Morgan fingerprint density at radius 3 is 1.50 bits per heavy atom. The summed E-state index contributed by atoms with van der Waals surface area (Å²) in [6.45, 7) is 12.9. The molecule has 0 aromatic heterocycles. The summed E-state index contributed by atoms with van der Waals surface area (Å²) < 4.78 is 15.2. The molecule has 1 unspecified atom stereocenters. The summed E-state index contributed by atoms with van der Waals surface area (Å²) in [5, 5.41) is 0.145. The van der Waals surface area contributed by atoms with Crippen LogP contribution in [0.2, 0.25) is 0 Å². The van der Waals surface area contributed by atoms with E-state index in [4.69, 9.17) is 0 Å². The lowest BCUT2D eigenvalue weighted by molar-refractivity contribution is 0.0965. The van der Waals surface area contributed by atoms with Crippen molar-refractivity contribution in [3.63, 3.8) is 0 Å². The standard InChI is InChI=1S/C35H35O4P/c1-21-16-23(3)31(24(4)17-21)34(37)40(39,35(38)32-25(5)18-22(2)19-26(32)6)30-15-11-14-29(20-30)27(7)33(36)28-12-9-8-10-13-28/h8-20,27H,1-7H3. The molecule has 40 heavy (non-hydrogen) atoms. The van der Waals surface area contributed by atoms with E-state index in [0.29, 0.717) is 44.5 Å². The highest BCUT2D eigenvalue weighted by Gasteiger charge is 2.45. The van der Waals surface area contributed by atoms with Gasteiger partial charge < -0.3 is 4.57 Å². The van der Waals surface area contributed by atoms with Crippen molar-refractivity contribution in [2.24, 2.45) is 0 Å². The molecule has 0 heterocycles. The monoisotopic (exact) mass is 550 g/mol. The first-order valence-corrected chi connectivity index (χ1v) is 15.1. The quantitative estimate of drug-likeness (QED) is 0.164. The lowest BCUT2D eigenvalue weighted by atomic mass is 9.92. The first kappa shape index (κ1) is 29.1. The van der Waals surface area contributed by atoms with Gasteiger partial charge in [-0.15, -0.1) is 0 Å². The van der Waals surface area contributed by atoms with Gasteiger partial charge in [0.05, 0.1) is 0 Å². The fourth-order valence-electron chi connectivity index (χ4n) is 5.67. The van der Waals surface area contributed by atoms with Gasteiger partial charge in [0.15, 0.2) is 5.78 Å². The Hall–Kier alpha value is -3.88. The second-order valence-electron chi connectivity index (χ2n) is 10.8. The van der Waals surface area contributed by atoms with Gasteiger partial charge in [-0.2, -0.15) is 0 Å². The second kappa shape index (κ2) is 11.3. The molecule has 0 N–H and O–H groups in total. The Morgan fingerprint density at radius 2 is 1.05 bits per heavy atom. The second-order valence-corrected chi connectivity index (χ2v) is 13.4. The van der Waals surface area contributed by atoms with Crippen LogP contribution in [-0.4, -0.2) is 16.8 Å². The topological polar surface area (TPSA) is 68.3 Å². The molecular weight excluding hydrogens is 515 g/mol. The largest absolute Gasteiger partial charge is 0.302 e. The molecule has 0 aliphatic rings. The van der Waals surface area contributed by atoms with Gasteiger partial charge in [0.25, 0.3) is 0 Å². The molecule has 4 aromatic carbocycles. The number of aryl methyl sites for hydroxylation is 6. The number of rotatable bonds is 8. The van der Waals surface area contributed by atoms with Crippen LogP contribution >= 0.6 is 7.14 Å². The number of ketones is 1. The minimum absolute atomic E-state index is 0.0966. The van der Waals surface area contributed by atoms with Gasteiger partial charge in [-0.3, -0.25) is 14.4 Å². The summed E-state index contributed by atoms with van der Waals surface area (Å²) in [6.07, 6.45) is 0. The van der Waals surface area contributed by atoms with Crippen molar-refractivity contribution in [2.75, 3.05) is 0 Å². The highest BCUT2D eigenvalue weighted by atomic mass is 31.2. The van der Waals surface area contributed by atoms with Crippen molar-refractivity contribution in [1.29, 1.82) is 0 Å². The summed E-state index contributed by atoms with van der Waals surface area (Å²) in [4.78, 5) is 42.1. The molecule has 0 fully saturated rings. The Bertz CT molecular complexity index is 1580. The molecule has 0 saturated heterocycles. The van der Waals surface area contributed by atoms with E-state index in [1.807, 2.05) is 44.2 Å². The van der Waals surface area contributed by atoms with Crippen molar-refractivity contribution in [3.05, 3.63) is 134 Å². The van der Waals surface area contributed by atoms with Crippen LogP contribution in [-0.2, 0) is 4.57 Å². The highest BCUT2D eigenvalue weighted by molar-refractivity contribution is 8.01. The zero-order valence-corrected chi connectivity index (χ0v) is 25.1. The summed E-state index contributed by atoms with van der Waals surface area (Å²) >= 11 is 0. The lowest BCUT2D eigenvalue weighted by Gasteiger charge is -2.22. The highest BCUT2D eigenvalue weighted by Crippen LogP contribution is 2.53. The average molecular weight is 551 g/mol. The van der Waals surface area contributed by atoms with E-state index in [2.05, 4.69) is 0 Å². The van der Waals surface area contributed by atoms with E-state index in [1.54, 1.807) is 83.1 Å². The SMILES string of the molecule is Cc1cc(C)c(C(=O)P(=O)(C(=O)c2c(C)cc(C)cc2C)c2cccc(C(C)C(=O)c3ccccc3)c2)c(C)c1. The Labute approximate surface area is 236 Å². The molecule has 1 atom stereocenters. The summed E-state index contributed by atoms with van der Waals surface area (Å²) in [6, 6.07) is 23.1. The number of Topliss-reactive ketones (excluding diaryl/α,β-unsaturated/α-hetero) is 1. The summed E-state index contributed by atoms with van der Waals surface area (Å²) in [5.74, 6) is -0.660. The maximum absolute atomic E-state index is 15.2. The third-order valence-electron chi connectivity index (χ3n) is 7.54. The predicted molar refractivity (Wildman–Crippen MR) is 163 cm³/mol. The number of carbonyl (C=O) groups is 3.